The van der Waals surface area contributed by atoms with Crippen molar-refractivity contribution >= 4 is 46.6 Å². The van der Waals surface area contributed by atoms with Gasteiger partial charge < -0.3 is 20.7 Å². The van der Waals surface area contributed by atoms with Crippen LogP contribution in [0.1, 0.15) is 16.1 Å². The molecule has 0 fully saturated rings. The van der Waals surface area contributed by atoms with Gasteiger partial charge >= 0.3 is 12.0 Å². The Bertz CT molecular complexity index is 713. The third-order valence-corrected chi connectivity index (χ3v) is 3.28. The zero-order valence-electron chi connectivity index (χ0n) is 10.8. The fourth-order valence-electron chi connectivity index (χ4n) is 1.77. The molecule has 0 aliphatic heterocycles. The maximum Gasteiger partial charge on any atom is 0.339 e. The average molecular weight is 328 g/mol. The highest BCUT2D eigenvalue weighted by molar-refractivity contribution is 6.35. The highest BCUT2D eigenvalue weighted by atomic mass is 35.5. The van der Waals surface area contributed by atoms with Gasteiger partial charge in [0.1, 0.15) is 5.56 Å². The number of amides is 2. The molecule has 6 nitrogen and oxygen atoms in total. The van der Waals surface area contributed by atoms with Gasteiger partial charge in [-0.1, -0.05) is 23.2 Å². The Kier molecular flexibility index (Phi) is 4.40. The molecule has 0 aliphatic rings. The molecule has 0 aliphatic carbocycles. The minimum absolute atomic E-state index is 0.00217. The Morgan fingerprint density at radius 1 is 1.19 bits per heavy atom. The van der Waals surface area contributed by atoms with E-state index in [0.717, 1.165) is 0 Å². The fraction of sp³-hybridized carbons (Fsp3) is 0.0769. The number of benzene rings is 1. The second kappa shape index (κ2) is 6.07. The number of rotatable bonds is 3. The summed E-state index contributed by atoms with van der Waals surface area (Å²) >= 11 is 11.7. The minimum atomic E-state index is -1.13. The molecule has 2 amide bonds. The van der Waals surface area contributed by atoms with Gasteiger partial charge in [0.05, 0.1) is 16.4 Å². The highest BCUT2D eigenvalue weighted by Crippen LogP contribution is 2.26. The van der Waals surface area contributed by atoms with Crippen LogP contribution < -0.4 is 10.6 Å². The van der Waals surface area contributed by atoms with E-state index in [9.17, 15) is 9.59 Å². The molecule has 1 heterocycles. The number of aryl methyl sites for hydroxylation is 1. The molecule has 21 heavy (non-hydrogen) atoms. The predicted octanol–water partition coefficient (Wildman–Crippen LogP) is 3.97. The summed E-state index contributed by atoms with van der Waals surface area (Å²) in [6.07, 6.45) is 1.40. The lowest BCUT2D eigenvalue weighted by Crippen LogP contribution is -2.20. The van der Waals surface area contributed by atoms with Crippen LogP contribution >= 0.6 is 23.2 Å². The molecule has 0 saturated heterocycles. The monoisotopic (exact) mass is 327 g/mol. The SMILES string of the molecule is Cc1[nH]cc(NC(=O)Nc2cc(Cl)ccc2Cl)c1C(=O)O. The van der Waals surface area contributed by atoms with Crippen LogP contribution in [0.25, 0.3) is 0 Å². The Morgan fingerprint density at radius 3 is 2.52 bits per heavy atom. The van der Waals surface area contributed by atoms with E-state index in [2.05, 4.69) is 15.6 Å². The molecule has 0 saturated carbocycles. The van der Waals surface area contributed by atoms with Crippen molar-refractivity contribution in [2.24, 2.45) is 0 Å². The number of halogens is 2. The number of H-pyrrole nitrogens is 1. The van der Waals surface area contributed by atoms with Crippen molar-refractivity contribution < 1.29 is 14.7 Å². The molecule has 0 radical (unpaired) electrons. The normalized spacial score (nSPS) is 10.2. The summed E-state index contributed by atoms with van der Waals surface area (Å²) in [6, 6.07) is 4.00. The number of nitrogens with one attached hydrogen (secondary N) is 3. The highest BCUT2D eigenvalue weighted by Gasteiger charge is 2.17. The van der Waals surface area contributed by atoms with Gasteiger partial charge in [0.15, 0.2) is 0 Å². The summed E-state index contributed by atoms with van der Waals surface area (Å²) < 4.78 is 0. The molecule has 1 aromatic carbocycles. The number of carbonyl (C=O) groups excluding carboxylic acids is 1. The van der Waals surface area contributed by atoms with Gasteiger partial charge in [-0.3, -0.25) is 0 Å². The second-order valence-corrected chi connectivity index (χ2v) is 5.05. The van der Waals surface area contributed by atoms with Crippen LogP contribution in [-0.4, -0.2) is 22.1 Å². The minimum Gasteiger partial charge on any atom is -0.478 e. The van der Waals surface area contributed by atoms with Crippen LogP contribution in [0.5, 0.6) is 0 Å². The number of carboxylic acid groups (broad SMARTS) is 1. The Hall–Kier alpha value is -2.18. The van der Waals surface area contributed by atoms with Crippen molar-refractivity contribution in [1.29, 1.82) is 0 Å². The van der Waals surface area contributed by atoms with Crippen molar-refractivity contribution in [1.82, 2.24) is 4.98 Å². The lowest BCUT2D eigenvalue weighted by molar-refractivity contribution is 0.0697. The van der Waals surface area contributed by atoms with Gasteiger partial charge in [-0.15, -0.1) is 0 Å². The van der Waals surface area contributed by atoms with Crippen LogP contribution in [0, 0.1) is 6.92 Å². The van der Waals surface area contributed by atoms with Crippen LogP contribution in [0.3, 0.4) is 0 Å². The van der Waals surface area contributed by atoms with Crippen molar-refractivity contribution in [3.8, 4) is 0 Å². The zero-order valence-corrected chi connectivity index (χ0v) is 12.3. The average Bonchev–Trinajstić information content (AvgIpc) is 2.75. The van der Waals surface area contributed by atoms with E-state index < -0.39 is 12.0 Å². The molecule has 0 atom stereocenters. The third-order valence-electron chi connectivity index (χ3n) is 2.72. The van der Waals surface area contributed by atoms with E-state index in [1.54, 1.807) is 19.1 Å². The largest absolute Gasteiger partial charge is 0.478 e. The maximum atomic E-state index is 11.9. The Labute approximate surface area is 130 Å². The lowest BCUT2D eigenvalue weighted by atomic mass is 10.2. The summed E-state index contributed by atoms with van der Waals surface area (Å²) in [5.41, 5.74) is 0.933. The summed E-state index contributed by atoms with van der Waals surface area (Å²) in [7, 11) is 0. The van der Waals surface area contributed by atoms with Gasteiger partial charge in [-0.25, -0.2) is 9.59 Å². The first kappa shape index (κ1) is 15.2. The molecule has 4 N–H and O–H groups in total. The van der Waals surface area contributed by atoms with E-state index >= 15 is 0 Å². The number of aromatic carboxylic acids is 1. The number of carbonyl (C=O) groups is 2. The summed E-state index contributed by atoms with van der Waals surface area (Å²) in [5, 5.41) is 14.8. The van der Waals surface area contributed by atoms with Gasteiger partial charge in [-0.05, 0) is 25.1 Å². The van der Waals surface area contributed by atoms with Gasteiger partial charge in [0.2, 0.25) is 0 Å². The van der Waals surface area contributed by atoms with Gasteiger partial charge in [0, 0.05) is 16.9 Å². The van der Waals surface area contributed by atoms with Crippen LogP contribution in [0.2, 0.25) is 10.0 Å². The molecule has 2 aromatic rings. The van der Waals surface area contributed by atoms with E-state index in [1.165, 1.54) is 12.3 Å². The number of aromatic nitrogens is 1. The number of hydrogen-bond donors (Lipinski definition) is 4. The topological polar surface area (TPSA) is 94.2 Å². The third kappa shape index (κ3) is 3.48. The van der Waals surface area contributed by atoms with Crippen LogP contribution in [0.15, 0.2) is 24.4 Å². The number of hydrogen-bond acceptors (Lipinski definition) is 2. The molecule has 8 heteroatoms. The smallest absolute Gasteiger partial charge is 0.339 e. The standard InChI is InChI=1S/C13H11Cl2N3O3/c1-6-11(12(19)20)10(5-16-6)18-13(21)17-9-4-7(14)2-3-8(9)15/h2-5,16H,1H3,(H,19,20)(H2,17,18,21). The van der Waals surface area contributed by atoms with Crippen molar-refractivity contribution in [2.75, 3.05) is 10.6 Å². The first-order valence-corrected chi connectivity index (χ1v) is 6.58. The lowest BCUT2D eigenvalue weighted by Gasteiger charge is -2.09. The van der Waals surface area contributed by atoms with Crippen molar-refractivity contribution in [3.63, 3.8) is 0 Å². The Morgan fingerprint density at radius 2 is 1.86 bits per heavy atom. The Balaban J connectivity index is 2.16. The summed E-state index contributed by atoms with van der Waals surface area (Å²) in [4.78, 5) is 25.7. The molecule has 0 unspecified atom stereocenters. The molecule has 1 aromatic heterocycles. The first-order chi connectivity index (χ1) is 9.88. The summed E-state index contributed by atoms with van der Waals surface area (Å²) in [6.45, 7) is 1.60. The second-order valence-electron chi connectivity index (χ2n) is 4.21. The van der Waals surface area contributed by atoms with E-state index in [0.29, 0.717) is 21.4 Å². The predicted molar refractivity (Wildman–Crippen MR) is 81.6 cm³/mol. The van der Waals surface area contributed by atoms with E-state index in [-0.39, 0.29) is 11.3 Å². The zero-order chi connectivity index (χ0) is 15.6. The number of carboxylic acids is 1. The van der Waals surface area contributed by atoms with Gasteiger partial charge in [-0.2, -0.15) is 0 Å². The van der Waals surface area contributed by atoms with Gasteiger partial charge in [0.25, 0.3) is 0 Å². The first-order valence-electron chi connectivity index (χ1n) is 5.83. The van der Waals surface area contributed by atoms with Crippen LogP contribution in [-0.2, 0) is 0 Å². The van der Waals surface area contributed by atoms with E-state index in [1.807, 2.05) is 0 Å². The number of urea groups is 1. The molecular formula is C13H11Cl2N3O3. The number of aromatic amines is 1. The molecular weight excluding hydrogens is 317 g/mol. The van der Waals surface area contributed by atoms with Crippen LogP contribution in [0.4, 0.5) is 16.2 Å². The van der Waals surface area contributed by atoms with E-state index in [4.69, 9.17) is 28.3 Å². The molecule has 110 valence electrons. The maximum absolute atomic E-state index is 11.9. The summed E-state index contributed by atoms with van der Waals surface area (Å²) in [5.74, 6) is -1.13. The quantitative estimate of drug-likeness (QED) is 0.686. The van der Waals surface area contributed by atoms with Crippen molar-refractivity contribution in [3.05, 3.63) is 45.7 Å². The van der Waals surface area contributed by atoms with Crippen molar-refractivity contribution in [2.45, 2.75) is 6.92 Å². The number of anilines is 2. The molecule has 0 spiro atoms. The molecule has 2 rings (SSSR count). The fourth-order valence-corrected chi connectivity index (χ4v) is 2.11. The molecule has 0 bridgehead atoms.